The van der Waals surface area contributed by atoms with Crippen molar-refractivity contribution >= 4 is 33.8 Å². The van der Waals surface area contributed by atoms with Crippen molar-refractivity contribution in [2.75, 3.05) is 13.7 Å². The fourth-order valence-electron chi connectivity index (χ4n) is 4.25. The Balaban J connectivity index is 3.21. The summed E-state index contributed by atoms with van der Waals surface area (Å²) in [6, 6.07) is 10.4. The van der Waals surface area contributed by atoms with E-state index in [0.29, 0.717) is 23.2 Å². The first-order valence-electron chi connectivity index (χ1n) is 10.4. The zero-order chi connectivity index (χ0) is 21.5. The van der Waals surface area contributed by atoms with Crippen molar-refractivity contribution in [3.63, 3.8) is 0 Å². The van der Waals surface area contributed by atoms with E-state index in [1.165, 1.54) is 4.46 Å². The van der Waals surface area contributed by atoms with Gasteiger partial charge in [0, 0.05) is 0 Å². The molecule has 1 aromatic rings. The Labute approximate surface area is 179 Å². The molecule has 0 fully saturated rings. The summed E-state index contributed by atoms with van der Waals surface area (Å²) >= 11 is 0.0628. The maximum atomic E-state index is 12.5. The molecule has 6 heteroatoms. The molecule has 0 aliphatic carbocycles. The van der Waals surface area contributed by atoms with Gasteiger partial charge < -0.3 is 0 Å². The molecule has 2 atom stereocenters. The SMILES string of the molecule is CCOC(=O)N(C)[C@@H]([Se]c1ccccc1)[C@H](C)O[Si](C(C)C)(C(C)C)C(C)C. The van der Waals surface area contributed by atoms with Gasteiger partial charge in [0.05, 0.1) is 0 Å². The number of carbonyl (C=O) groups excluding carboxylic acids is 1. The van der Waals surface area contributed by atoms with Gasteiger partial charge in [0.15, 0.2) is 0 Å². The fourth-order valence-corrected chi connectivity index (χ4v) is 12.3. The molecule has 0 N–H and O–H groups in total. The molecule has 4 nitrogen and oxygen atoms in total. The van der Waals surface area contributed by atoms with Crippen LogP contribution in [0.25, 0.3) is 0 Å². The summed E-state index contributed by atoms with van der Waals surface area (Å²) in [5, 5.41) is 0. The second kappa shape index (κ2) is 11.4. The molecule has 0 spiro atoms. The molecule has 0 aliphatic rings. The van der Waals surface area contributed by atoms with Gasteiger partial charge in [-0.15, -0.1) is 0 Å². The van der Waals surface area contributed by atoms with Gasteiger partial charge in [-0.1, -0.05) is 0 Å². The zero-order valence-corrected chi connectivity index (χ0v) is 21.8. The summed E-state index contributed by atoms with van der Waals surface area (Å²) in [5.74, 6) is 0. The maximum absolute atomic E-state index is 12.5. The van der Waals surface area contributed by atoms with Gasteiger partial charge in [-0.3, -0.25) is 0 Å². The molecule has 28 heavy (non-hydrogen) atoms. The normalized spacial score (nSPS) is 14.4. The average Bonchev–Trinajstić information content (AvgIpc) is 2.63. The Morgan fingerprint density at radius 1 is 1.00 bits per heavy atom. The van der Waals surface area contributed by atoms with Crippen LogP contribution in [0.2, 0.25) is 16.6 Å². The van der Waals surface area contributed by atoms with Crippen molar-refractivity contribution in [3.8, 4) is 0 Å². The third-order valence-corrected chi connectivity index (χ3v) is 14.7. The second-order valence-electron chi connectivity index (χ2n) is 8.27. The minimum atomic E-state index is -2.04. The molecule has 1 amide bonds. The van der Waals surface area contributed by atoms with Crippen molar-refractivity contribution in [2.24, 2.45) is 0 Å². The summed E-state index contributed by atoms with van der Waals surface area (Å²) in [6.45, 7) is 18.1. The predicted molar refractivity (Wildman–Crippen MR) is 122 cm³/mol. The fraction of sp³-hybridized carbons (Fsp3) is 0.682. The Morgan fingerprint density at radius 3 is 1.93 bits per heavy atom. The zero-order valence-electron chi connectivity index (χ0n) is 19.1. The van der Waals surface area contributed by atoms with Gasteiger partial charge in [-0.05, 0) is 0 Å². The number of benzene rings is 1. The van der Waals surface area contributed by atoms with Crippen molar-refractivity contribution < 1.29 is 14.0 Å². The molecule has 0 aromatic heterocycles. The molecule has 1 rings (SSSR count). The van der Waals surface area contributed by atoms with Crippen molar-refractivity contribution in [1.29, 1.82) is 0 Å². The number of ether oxygens (including phenoxy) is 1. The van der Waals surface area contributed by atoms with Crippen LogP contribution in [0.5, 0.6) is 0 Å². The van der Waals surface area contributed by atoms with Gasteiger partial charge in [0.1, 0.15) is 0 Å². The molecule has 0 aliphatic heterocycles. The van der Waals surface area contributed by atoms with E-state index in [2.05, 4.69) is 72.7 Å². The summed E-state index contributed by atoms with van der Waals surface area (Å²) in [6.07, 6.45) is -0.319. The molecule has 1 aromatic carbocycles. The predicted octanol–water partition coefficient (Wildman–Crippen LogP) is 5.01. The van der Waals surface area contributed by atoms with Gasteiger partial charge in [0.2, 0.25) is 0 Å². The van der Waals surface area contributed by atoms with E-state index in [4.69, 9.17) is 9.16 Å². The van der Waals surface area contributed by atoms with E-state index < -0.39 is 8.32 Å². The van der Waals surface area contributed by atoms with Crippen LogP contribution in [0, 0.1) is 0 Å². The van der Waals surface area contributed by atoms with Crippen LogP contribution < -0.4 is 4.46 Å². The first-order chi connectivity index (χ1) is 13.1. The first kappa shape index (κ1) is 25.2. The molecule has 0 radical (unpaired) electrons. The summed E-state index contributed by atoms with van der Waals surface area (Å²) in [7, 11) is -0.195. The minimum absolute atomic E-state index is 0.0166. The molecular weight excluding hydrogens is 433 g/mol. The van der Waals surface area contributed by atoms with E-state index in [1.807, 2.05) is 20.0 Å². The molecule has 0 saturated heterocycles. The topological polar surface area (TPSA) is 38.8 Å². The molecule has 0 saturated carbocycles. The van der Waals surface area contributed by atoms with Crippen molar-refractivity contribution in [1.82, 2.24) is 4.90 Å². The standard InChI is InChI=1S/C22H39NO3SeSi/c1-10-25-22(24)23(9)21(27-20-14-12-11-13-15-20)19(8)26-28(16(2)3,17(4)5)18(6)7/h11-19,21H,10H2,1-9H3/t19-,21-/m0/s1. The number of likely N-dealkylation sites (N-methyl/N-ethyl adjacent to an activating group) is 1. The van der Waals surface area contributed by atoms with Gasteiger partial charge in [0.25, 0.3) is 0 Å². The summed E-state index contributed by atoms with van der Waals surface area (Å²) in [5.41, 5.74) is 1.52. The quantitative estimate of drug-likeness (QED) is 0.450. The third-order valence-electron chi connectivity index (χ3n) is 5.44. The average molecular weight is 473 g/mol. The Hall–Kier alpha value is -0.814. The number of hydrogen-bond acceptors (Lipinski definition) is 3. The summed E-state index contributed by atoms with van der Waals surface area (Å²) < 4.78 is 13.6. The molecule has 0 unspecified atom stereocenters. The van der Waals surface area contributed by atoms with E-state index in [-0.39, 0.29) is 32.1 Å². The van der Waals surface area contributed by atoms with E-state index in [1.54, 1.807) is 4.90 Å². The number of hydrogen-bond donors (Lipinski definition) is 0. The molecule has 160 valence electrons. The van der Waals surface area contributed by atoms with Crippen molar-refractivity contribution in [3.05, 3.63) is 30.3 Å². The second-order valence-corrected chi connectivity index (χ2v) is 16.2. The Morgan fingerprint density at radius 2 is 1.50 bits per heavy atom. The molecular formula is C22H39NO3SeSi. The monoisotopic (exact) mass is 473 g/mol. The van der Waals surface area contributed by atoms with Crippen LogP contribution in [-0.4, -0.2) is 59.0 Å². The third kappa shape index (κ3) is 6.09. The number of amides is 1. The van der Waals surface area contributed by atoms with Gasteiger partial charge in [-0.25, -0.2) is 0 Å². The van der Waals surface area contributed by atoms with Crippen molar-refractivity contribution in [2.45, 2.75) is 83.1 Å². The Bertz CT molecular complexity index is 573. The van der Waals surface area contributed by atoms with E-state index in [9.17, 15) is 4.79 Å². The number of carbonyl (C=O) groups is 1. The number of nitrogens with zero attached hydrogens (tertiary/aromatic N) is 1. The van der Waals surface area contributed by atoms with Gasteiger partial charge >= 0.3 is 180 Å². The van der Waals surface area contributed by atoms with Crippen LogP contribution >= 0.6 is 0 Å². The van der Waals surface area contributed by atoms with Crippen LogP contribution in [0.1, 0.15) is 55.4 Å². The number of rotatable bonds is 10. The Kier molecular flexibility index (Phi) is 10.3. The van der Waals surface area contributed by atoms with Gasteiger partial charge in [-0.2, -0.15) is 0 Å². The van der Waals surface area contributed by atoms with E-state index in [0.717, 1.165) is 0 Å². The first-order valence-corrected chi connectivity index (χ1v) is 14.4. The van der Waals surface area contributed by atoms with Crippen LogP contribution in [-0.2, 0) is 9.16 Å². The van der Waals surface area contributed by atoms with Crippen LogP contribution in [0.15, 0.2) is 30.3 Å². The summed E-state index contributed by atoms with van der Waals surface area (Å²) in [4.78, 5) is 14.3. The van der Waals surface area contributed by atoms with Crippen LogP contribution in [0.4, 0.5) is 4.79 Å². The molecule has 0 bridgehead atoms. The molecule has 0 heterocycles. The van der Waals surface area contributed by atoms with Crippen LogP contribution in [0.3, 0.4) is 0 Å². The van der Waals surface area contributed by atoms with E-state index >= 15 is 0 Å².